The van der Waals surface area contributed by atoms with Crippen LogP contribution in [-0.2, 0) is 6.42 Å². The van der Waals surface area contributed by atoms with Gasteiger partial charge in [-0.1, -0.05) is 18.1 Å². The number of halogens is 1. The van der Waals surface area contributed by atoms with Crippen LogP contribution in [0.5, 0.6) is 0 Å². The molecule has 33 heavy (non-hydrogen) atoms. The molecule has 1 fully saturated rings. The second-order valence-electron chi connectivity index (χ2n) is 8.75. The third kappa shape index (κ3) is 3.53. The van der Waals surface area contributed by atoms with Crippen LogP contribution in [-0.4, -0.2) is 37.0 Å². The normalized spacial score (nSPS) is 25.0. The standard InChI is InChI=1S/C25H24BrN5O2/c1-2-25(8-5-14-3-4-15-12-17(26)23(28)30-19(15)11-14)13-20(21(32)22(25)33)31-10-7-16-18(27)6-9-29-24(16)31/h1,3-4,6-7,9-12,20-22,32-33H,5,8,13H2,(H2,27,29)(H2,28,30)/t20-,21+,22+,25+/m1/s1. The number of benzene rings is 1. The van der Waals surface area contributed by atoms with Crippen LogP contribution in [0.2, 0.25) is 0 Å². The van der Waals surface area contributed by atoms with Crippen LogP contribution >= 0.6 is 15.9 Å². The van der Waals surface area contributed by atoms with Crippen LogP contribution in [0.25, 0.3) is 21.9 Å². The first-order chi connectivity index (χ1) is 15.8. The molecule has 7 nitrogen and oxygen atoms in total. The lowest BCUT2D eigenvalue weighted by molar-refractivity contribution is -0.0115. The number of pyridine rings is 2. The van der Waals surface area contributed by atoms with E-state index in [-0.39, 0.29) is 0 Å². The molecule has 4 aromatic rings. The topological polar surface area (TPSA) is 123 Å². The first-order valence-corrected chi connectivity index (χ1v) is 11.5. The molecule has 1 aliphatic rings. The monoisotopic (exact) mass is 505 g/mol. The number of anilines is 2. The second kappa shape index (κ2) is 8.03. The van der Waals surface area contributed by atoms with Crippen molar-refractivity contribution in [1.82, 2.24) is 14.5 Å². The van der Waals surface area contributed by atoms with Gasteiger partial charge in [0.25, 0.3) is 0 Å². The number of hydrogen-bond donors (Lipinski definition) is 4. The van der Waals surface area contributed by atoms with E-state index in [0.717, 1.165) is 26.3 Å². The van der Waals surface area contributed by atoms with Crippen LogP contribution in [0.1, 0.15) is 24.4 Å². The van der Waals surface area contributed by atoms with Crippen molar-refractivity contribution in [3.05, 3.63) is 58.8 Å². The number of aryl methyl sites for hydroxylation is 1. The highest BCUT2D eigenvalue weighted by Gasteiger charge is 2.52. The molecule has 5 rings (SSSR count). The molecular weight excluding hydrogens is 482 g/mol. The van der Waals surface area contributed by atoms with Crippen LogP contribution < -0.4 is 11.5 Å². The van der Waals surface area contributed by atoms with Gasteiger partial charge in [0.05, 0.1) is 27.6 Å². The van der Waals surface area contributed by atoms with Crippen LogP contribution in [0.3, 0.4) is 0 Å². The van der Waals surface area contributed by atoms with Gasteiger partial charge in [-0.15, -0.1) is 6.42 Å². The molecule has 4 atom stereocenters. The summed E-state index contributed by atoms with van der Waals surface area (Å²) in [5.41, 5.74) is 14.3. The Balaban J connectivity index is 1.42. The molecule has 1 aromatic carbocycles. The van der Waals surface area contributed by atoms with Gasteiger partial charge in [-0.3, -0.25) is 0 Å². The lowest BCUT2D eigenvalue weighted by Gasteiger charge is -2.27. The second-order valence-corrected chi connectivity index (χ2v) is 9.60. The molecule has 1 saturated carbocycles. The number of hydrogen-bond acceptors (Lipinski definition) is 6. The number of terminal acetylenes is 1. The number of fused-ring (bicyclic) bond motifs is 2. The molecule has 168 valence electrons. The molecule has 0 amide bonds. The zero-order valence-corrected chi connectivity index (χ0v) is 19.4. The minimum absolute atomic E-state index is 0.404. The van der Waals surface area contributed by atoms with Gasteiger partial charge >= 0.3 is 0 Å². The van der Waals surface area contributed by atoms with Crippen molar-refractivity contribution in [2.45, 2.75) is 37.5 Å². The quantitative estimate of drug-likeness (QED) is 0.315. The molecule has 0 radical (unpaired) electrons. The molecule has 8 heteroatoms. The Morgan fingerprint density at radius 3 is 2.82 bits per heavy atom. The van der Waals surface area contributed by atoms with Crippen molar-refractivity contribution in [2.24, 2.45) is 5.41 Å². The fourth-order valence-corrected chi connectivity index (χ4v) is 5.29. The highest BCUT2D eigenvalue weighted by atomic mass is 79.9. The fraction of sp³-hybridized carbons (Fsp3) is 0.280. The van der Waals surface area contributed by atoms with Gasteiger partial charge in [0, 0.05) is 28.9 Å². The summed E-state index contributed by atoms with van der Waals surface area (Å²) in [7, 11) is 0. The van der Waals surface area contributed by atoms with E-state index in [1.165, 1.54) is 0 Å². The number of nitrogen functional groups attached to an aromatic ring is 2. The molecule has 1 aliphatic carbocycles. The molecule has 0 aliphatic heterocycles. The van der Waals surface area contributed by atoms with Crippen LogP contribution in [0, 0.1) is 17.8 Å². The fourth-order valence-electron chi connectivity index (χ4n) is 4.95. The Hall–Kier alpha value is -3.12. The molecule has 0 bridgehead atoms. The SMILES string of the molecule is C#C[C@]1(CCc2ccc3cc(Br)c(N)nc3c2)C[C@@H](n2ccc3c(N)ccnc32)[C@H](O)[C@@H]1O. The number of aromatic nitrogens is 3. The number of nitrogens with zero attached hydrogens (tertiary/aromatic N) is 3. The predicted octanol–water partition coefficient (Wildman–Crippen LogP) is 3.43. The van der Waals surface area contributed by atoms with Crippen molar-refractivity contribution in [3.63, 3.8) is 0 Å². The summed E-state index contributed by atoms with van der Waals surface area (Å²) in [4.78, 5) is 8.88. The number of aliphatic hydroxyl groups excluding tert-OH is 2. The van der Waals surface area contributed by atoms with Gasteiger partial charge in [-0.2, -0.15) is 0 Å². The maximum Gasteiger partial charge on any atom is 0.142 e. The largest absolute Gasteiger partial charge is 0.398 e. The maximum absolute atomic E-state index is 11.0. The summed E-state index contributed by atoms with van der Waals surface area (Å²) in [5.74, 6) is 3.26. The smallest absolute Gasteiger partial charge is 0.142 e. The van der Waals surface area contributed by atoms with Gasteiger partial charge in [0.15, 0.2) is 0 Å². The van der Waals surface area contributed by atoms with E-state index in [4.69, 9.17) is 17.9 Å². The van der Waals surface area contributed by atoms with Crippen molar-refractivity contribution in [2.75, 3.05) is 11.5 Å². The van der Waals surface area contributed by atoms with Crippen molar-refractivity contribution in [3.8, 4) is 12.3 Å². The van der Waals surface area contributed by atoms with E-state index in [1.807, 2.05) is 41.1 Å². The zero-order valence-electron chi connectivity index (χ0n) is 17.8. The number of rotatable bonds is 4. The average molecular weight is 506 g/mol. The average Bonchev–Trinajstić information content (AvgIpc) is 3.34. The first-order valence-electron chi connectivity index (χ1n) is 10.7. The first kappa shape index (κ1) is 21.7. The van der Waals surface area contributed by atoms with E-state index >= 15 is 0 Å². The Morgan fingerprint density at radius 1 is 1.21 bits per heavy atom. The molecule has 6 N–H and O–H groups in total. The Bertz CT molecular complexity index is 1410. The molecule has 3 aromatic heterocycles. The Labute approximate surface area is 199 Å². The summed E-state index contributed by atoms with van der Waals surface area (Å²) in [6.07, 6.45) is 8.95. The van der Waals surface area contributed by atoms with E-state index in [1.54, 1.807) is 12.3 Å². The maximum atomic E-state index is 11.0. The van der Waals surface area contributed by atoms with Crippen molar-refractivity contribution >= 4 is 49.4 Å². The third-order valence-corrected chi connectivity index (χ3v) is 7.51. The Kier molecular flexibility index (Phi) is 5.28. The van der Waals surface area contributed by atoms with Gasteiger partial charge in [0.2, 0.25) is 0 Å². The Morgan fingerprint density at radius 2 is 2.03 bits per heavy atom. The molecule has 0 saturated heterocycles. The molecular formula is C25H24BrN5O2. The third-order valence-electron chi connectivity index (χ3n) is 6.87. The minimum Gasteiger partial charge on any atom is -0.398 e. The summed E-state index contributed by atoms with van der Waals surface area (Å²) < 4.78 is 2.64. The molecule has 0 spiro atoms. The van der Waals surface area contributed by atoms with Gasteiger partial charge in [-0.05, 0) is 65.0 Å². The lowest BCUT2D eigenvalue weighted by Crippen LogP contribution is -2.36. The molecule has 3 heterocycles. The van der Waals surface area contributed by atoms with Gasteiger partial charge in [-0.25, -0.2) is 9.97 Å². The zero-order chi connectivity index (χ0) is 23.3. The summed E-state index contributed by atoms with van der Waals surface area (Å²) in [6.45, 7) is 0. The van der Waals surface area contributed by atoms with E-state index in [0.29, 0.717) is 36.4 Å². The van der Waals surface area contributed by atoms with E-state index in [2.05, 4.69) is 31.8 Å². The van der Waals surface area contributed by atoms with E-state index < -0.39 is 23.7 Å². The lowest BCUT2D eigenvalue weighted by atomic mass is 9.79. The predicted molar refractivity (Wildman–Crippen MR) is 133 cm³/mol. The highest BCUT2D eigenvalue weighted by molar-refractivity contribution is 9.10. The number of aliphatic hydroxyl groups is 2. The van der Waals surface area contributed by atoms with Crippen LogP contribution in [0.4, 0.5) is 11.5 Å². The van der Waals surface area contributed by atoms with Crippen LogP contribution in [0.15, 0.2) is 53.3 Å². The van der Waals surface area contributed by atoms with E-state index in [9.17, 15) is 10.2 Å². The van der Waals surface area contributed by atoms with Crippen molar-refractivity contribution in [1.29, 1.82) is 0 Å². The van der Waals surface area contributed by atoms with Gasteiger partial charge < -0.3 is 26.2 Å². The minimum atomic E-state index is -1.06. The molecule has 0 unspecified atom stereocenters. The summed E-state index contributed by atoms with van der Waals surface area (Å²) >= 11 is 3.41. The highest BCUT2D eigenvalue weighted by Crippen LogP contribution is 2.48. The summed E-state index contributed by atoms with van der Waals surface area (Å²) in [5, 5.41) is 23.8. The van der Waals surface area contributed by atoms with Crippen molar-refractivity contribution < 1.29 is 10.2 Å². The summed E-state index contributed by atoms with van der Waals surface area (Å²) in [6, 6.07) is 11.2. The van der Waals surface area contributed by atoms with Gasteiger partial charge in [0.1, 0.15) is 17.6 Å². The number of nitrogens with two attached hydrogens (primary N) is 2.